The Morgan fingerprint density at radius 3 is 2.51 bits per heavy atom. The van der Waals surface area contributed by atoms with Crippen molar-refractivity contribution in [3.05, 3.63) is 65.0 Å². The predicted octanol–water partition coefficient (Wildman–Crippen LogP) is 4.48. The van der Waals surface area contributed by atoms with Crippen LogP contribution < -0.4 is 15.0 Å². The summed E-state index contributed by atoms with van der Waals surface area (Å²) in [6, 6.07) is 11.7. The highest BCUT2D eigenvalue weighted by atomic mass is 19.4. The molecule has 0 unspecified atom stereocenters. The summed E-state index contributed by atoms with van der Waals surface area (Å²) in [4.78, 5) is 35.7. The maximum absolute atomic E-state index is 12.9. The largest absolute Gasteiger partial charge is 0.491 e. The highest BCUT2D eigenvalue weighted by molar-refractivity contribution is 5.98. The van der Waals surface area contributed by atoms with Crippen molar-refractivity contribution in [3.8, 4) is 23.1 Å². The van der Waals surface area contributed by atoms with Crippen LogP contribution in [0.15, 0.2) is 42.6 Å². The topological polar surface area (TPSA) is 114 Å². The molecule has 1 aliphatic rings. The van der Waals surface area contributed by atoms with Crippen molar-refractivity contribution in [2.24, 2.45) is 0 Å². The van der Waals surface area contributed by atoms with Gasteiger partial charge in [0.05, 0.1) is 16.8 Å². The van der Waals surface area contributed by atoms with Crippen LogP contribution in [0.5, 0.6) is 5.75 Å². The molecule has 0 spiro atoms. The molecule has 9 nitrogen and oxygen atoms in total. The molecule has 0 aliphatic carbocycles. The van der Waals surface area contributed by atoms with E-state index in [1.54, 1.807) is 56.5 Å². The van der Waals surface area contributed by atoms with Crippen LogP contribution in [0.2, 0.25) is 0 Å². The number of aromatic amines is 1. The zero-order chi connectivity index (χ0) is 29.6. The number of H-pyrrole nitrogens is 1. The summed E-state index contributed by atoms with van der Waals surface area (Å²) in [5.41, 5.74) is 2.85. The molecule has 1 aliphatic heterocycles. The molecule has 1 aromatic carbocycles. The molecule has 2 N–H and O–H groups in total. The number of benzene rings is 1. The van der Waals surface area contributed by atoms with Gasteiger partial charge in [-0.25, -0.2) is 4.79 Å². The van der Waals surface area contributed by atoms with Crippen LogP contribution in [0.1, 0.15) is 41.0 Å². The van der Waals surface area contributed by atoms with E-state index in [0.29, 0.717) is 29.9 Å². The maximum Gasteiger partial charge on any atom is 0.491 e. The Labute approximate surface area is 235 Å². The number of hydrogen-bond acceptors (Lipinski definition) is 7. The third kappa shape index (κ3) is 6.93. The number of aromatic nitrogens is 2. The van der Waals surface area contributed by atoms with E-state index in [9.17, 15) is 28.0 Å². The average Bonchev–Trinajstić information content (AvgIpc) is 3.42. The van der Waals surface area contributed by atoms with Gasteiger partial charge in [0.2, 0.25) is 0 Å². The number of rotatable bonds is 8. The number of nitrogens with zero attached hydrogens (tertiary/aromatic N) is 4. The molecule has 3 heterocycles. The number of pyridine rings is 1. The first-order valence-electron chi connectivity index (χ1n) is 13.1. The van der Waals surface area contributed by atoms with Crippen molar-refractivity contribution in [3.63, 3.8) is 0 Å². The van der Waals surface area contributed by atoms with Crippen LogP contribution in [0.25, 0.3) is 23.4 Å². The lowest BCUT2D eigenvalue weighted by atomic mass is 10.1. The minimum absolute atomic E-state index is 0.149. The van der Waals surface area contributed by atoms with Gasteiger partial charge in [-0.1, -0.05) is 12.1 Å². The lowest BCUT2D eigenvalue weighted by Gasteiger charge is -2.28. The lowest BCUT2D eigenvalue weighted by molar-refractivity contribution is -0.189. The minimum Gasteiger partial charge on any atom is -0.419 e. The molecule has 214 valence electrons. The Kier molecular flexibility index (Phi) is 9.09. The van der Waals surface area contributed by atoms with Gasteiger partial charge < -0.3 is 24.8 Å². The smallest absolute Gasteiger partial charge is 0.419 e. The van der Waals surface area contributed by atoms with Crippen molar-refractivity contribution in [2.45, 2.75) is 20.0 Å². The van der Waals surface area contributed by atoms with Crippen LogP contribution in [0.4, 0.5) is 19.0 Å². The van der Waals surface area contributed by atoms with Gasteiger partial charge in [-0.15, -0.1) is 0 Å². The standard InChI is InChI=1S/C29H29F3N6O3/c1-3-37(4-2)27(39)23-8-6-19(15-25(23)41-28(40)29(30,31)32)5-7-22-16-20(9-10-35-22)24-17-21(18-33)26(36-24)38-13-11-34-12-14-38/h5-10,15-17,34,36H,3-4,11-14H2,1-2H3/b7-5+. The van der Waals surface area contributed by atoms with Gasteiger partial charge in [-0.2, -0.15) is 18.4 Å². The van der Waals surface area contributed by atoms with Crippen LogP contribution >= 0.6 is 0 Å². The van der Waals surface area contributed by atoms with Gasteiger partial charge in [-0.3, -0.25) is 9.78 Å². The number of nitrogens with one attached hydrogen (secondary N) is 2. The fraction of sp³-hybridized carbons (Fsp3) is 0.310. The number of carbonyl (C=O) groups excluding carboxylic acids is 2. The third-order valence-electron chi connectivity index (χ3n) is 6.61. The Bertz CT molecular complexity index is 1480. The summed E-state index contributed by atoms with van der Waals surface area (Å²) >= 11 is 0. The second kappa shape index (κ2) is 12.7. The molecular formula is C29H29F3N6O3. The minimum atomic E-state index is -5.22. The number of alkyl halides is 3. The number of hydrogen-bond donors (Lipinski definition) is 2. The van der Waals surface area contributed by atoms with Crippen LogP contribution in [-0.2, 0) is 4.79 Å². The predicted molar refractivity (Wildman–Crippen MR) is 148 cm³/mol. The highest BCUT2D eigenvalue weighted by Crippen LogP contribution is 2.29. The van der Waals surface area contributed by atoms with Gasteiger partial charge in [-0.05, 0) is 55.8 Å². The average molecular weight is 567 g/mol. The number of amides is 1. The molecule has 3 aromatic rings. The molecule has 12 heteroatoms. The molecule has 2 aromatic heterocycles. The molecule has 1 saturated heterocycles. The molecule has 41 heavy (non-hydrogen) atoms. The van der Waals surface area contributed by atoms with E-state index >= 15 is 0 Å². The lowest BCUT2D eigenvalue weighted by Crippen LogP contribution is -2.44. The Balaban J connectivity index is 1.61. The van der Waals surface area contributed by atoms with Crippen molar-refractivity contribution in [1.29, 1.82) is 5.26 Å². The molecule has 1 fully saturated rings. The fourth-order valence-electron chi connectivity index (χ4n) is 4.45. The van der Waals surface area contributed by atoms with E-state index in [4.69, 9.17) is 0 Å². The van der Waals surface area contributed by atoms with Crippen LogP contribution in [-0.4, -0.2) is 72.2 Å². The van der Waals surface area contributed by atoms with Gasteiger partial charge in [0.25, 0.3) is 5.91 Å². The summed E-state index contributed by atoms with van der Waals surface area (Å²) < 4.78 is 43.4. The Hall–Kier alpha value is -4.63. The van der Waals surface area contributed by atoms with Gasteiger partial charge >= 0.3 is 12.1 Å². The monoisotopic (exact) mass is 566 g/mol. The number of nitriles is 1. The quantitative estimate of drug-likeness (QED) is 0.305. The van der Waals surface area contributed by atoms with Crippen LogP contribution in [0.3, 0.4) is 0 Å². The molecule has 1 amide bonds. The molecule has 4 rings (SSSR count). The number of piperazine rings is 1. The zero-order valence-corrected chi connectivity index (χ0v) is 22.6. The normalized spacial score (nSPS) is 13.7. The van der Waals surface area contributed by atoms with Gasteiger partial charge in [0, 0.05) is 56.7 Å². The molecular weight excluding hydrogens is 537 g/mol. The van der Waals surface area contributed by atoms with E-state index in [-0.39, 0.29) is 5.56 Å². The number of esters is 1. The van der Waals surface area contributed by atoms with E-state index in [2.05, 4.69) is 31.0 Å². The van der Waals surface area contributed by atoms with Gasteiger partial charge in [0.15, 0.2) is 0 Å². The van der Waals surface area contributed by atoms with E-state index < -0.39 is 23.8 Å². The number of ether oxygens (including phenoxy) is 1. The van der Waals surface area contributed by atoms with E-state index in [1.807, 2.05) is 0 Å². The number of halogens is 3. The molecule has 0 bridgehead atoms. The first-order valence-corrected chi connectivity index (χ1v) is 13.1. The van der Waals surface area contributed by atoms with E-state index in [1.165, 1.54) is 17.0 Å². The Morgan fingerprint density at radius 1 is 1.12 bits per heavy atom. The Morgan fingerprint density at radius 2 is 1.85 bits per heavy atom. The molecule has 0 atom stereocenters. The highest BCUT2D eigenvalue weighted by Gasteiger charge is 2.42. The van der Waals surface area contributed by atoms with Gasteiger partial charge in [0.1, 0.15) is 17.6 Å². The van der Waals surface area contributed by atoms with E-state index in [0.717, 1.165) is 43.3 Å². The third-order valence-corrected chi connectivity index (χ3v) is 6.61. The van der Waals surface area contributed by atoms with Crippen molar-refractivity contribution in [1.82, 2.24) is 20.2 Å². The number of carbonyl (C=O) groups is 2. The summed E-state index contributed by atoms with van der Waals surface area (Å²) in [6.45, 7) is 7.34. The SMILES string of the molecule is CCN(CC)C(=O)c1ccc(/C=C/c2cc(-c3cc(C#N)c(N4CCNCC4)[nH]3)ccn2)cc1OC(=O)C(F)(F)F. The number of anilines is 1. The van der Waals surface area contributed by atoms with Crippen LogP contribution in [0, 0.1) is 11.3 Å². The molecule has 0 radical (unpaired) electrons. The second-order valence-corrected chi connectivity index (χ2v) is 9.22. The molecule has 0 saturated carbocycles. The first-order chi connectivity index (χ1) is 19.6. The fourth-order valence-corrected chi connectivity index (χ4v) is 4.45. The van der Waals surface area contributed by atoms with Crippen molar-refractivity contribution in [2.75, 3.05) is 44.2 Å². The van der Waals surface area contributed by atoms with Crippen molar-refractivity contribution >= 4 is 29.8 Å². The van der Waals surface area contributed by atoms with Crippen molar-refractivity contribution < 1.29 is 27.5 Å². The summed E-state index contributed by atoms with van der Waals surface area (Å²) in [5.74, 6) is -2.68. The second-order valence-electron chi connectivity index (χ2n) is 9.22. The summed E-state index contributed by atoms with van der Waals surface area (Å²) in [6.07, 6.45) is -0.385. The summed E-state index contributed by atoms with van der Waals surface area (Å²) in [7, 11) is 0. The summed E-state index contributed by atoms with van der Waals surface area (Å²) in [5, 5.41) is 12.9. The zero-order valence-electron chi connectivity index (χ0n) is 22.6. The maximum atomic E-state index is 12.9. The first kappa shape index (κ1) is 29.4.